The summed E-state index contributed by atoms with van der Waals surface area (Å²) in [6.45, 7) is 3.35. The second-order valence-corrected chi connectivity index (χ2v) is 4.57. The molecule has 6 N–H and O–H groups in total. The Labute approximate surface area is 103 Å². The lowest BCUT2D eigenvalue weighted by Crippen LogP contribution is -2.10. The molecule has 0 radical (unpaired) electrons. The van der Waals surface area contributed by atoms with Gasteiger partial charge >= 0.3 is 7.82 Å². The summed E-state index contributed by atoms with van der Waals surface area (Å²) in [6.07, 6.45) is 1.42. The van der Waals surface area contributed by atoms with E-state index in [9.17, 15) is 4.57 Å². The van der Waals surface area contributed by atoms with Crippen molar-refractivity contribution in [3.05, 3.63) is 18.6 Å². The Morgan fingerprint density at radius 3 is 2.72 bits per heavy atom. The molecule has 0 aliphatic heterocycles. The molecule has 0 amide bonds. The second kappa shape index (κ2) is 5.98. The molecule has 9 nitrogen and oxygen atoms in total. The largest absolute Gasteiger partial charge is 0.469 e. The quantitative estimate of drug-likeness (QED) is 0.385. The minimum Gasteiger partial charge on any atom is -0.397 e. The summed E-state index contributed by atoms with van der Waals surface area (Å²) in [5.74, 6) is 0.304. The van der Waals surface area contributed by atoms with Crippen LogP contribution in [0.3, 0.4) is 0 Å². The maximum Gasteiger partial charge on any atom is 0.469 e. The summed E-state index contributed by atoms with van der Waals surface area (Å²) in [7, 11) is -4.45. The van der Waals surface area contributed by atoms with Gasteiger partial charge in [-0.15, -0.1) is 0 Å². The summed E-state index contributed by atoms with van der Waals surface area (Å²) in [5.41, 5.74) is 11.8. The average Bonchev–Trinajstić information content (AvgIpc) is 2.58. The number of hydrogen-bond acceptors (Lipinski definition) is 6. The van der Waals surface area contributed by atoms with Gasteiger partial charge < -0.3 is 26.0 Å². The Morgan fingerprint density at radius 1 is 1.56 bits per heavy atom. The molecule has 0 aliphatic rings. The first-order valence-electron chi connectivity index (χ1n) is 4.84. The summed E-state index contributed by atoms with van der Waals surface area (Å²) >= 11 is 0. The first-order chi connectivity index (χ1) is 8.31. The number of phosphoric ester groups is 1. The number of aromatic nitrogens is 2. The van der Waals surface area contributed by atoms with Crippen LogP contribution in [0.15, 0.2) is 12.9 Å². The standard InChI is InChI=1S/C8H15N4O5P/c1-6(9)7-8(10)12(4-11-7)5-16-2-3-17-18(13,14)15/h4H,1-3,5,9-10H2,(H2,13,14,15). The van der Waals surface area contributed by atoms with Gasteiger partial charge in [-0.3, -0.25) is 9.09 Å². The Morgan fingerprint density at radius 2 is 2.22 bits per heavy atom. The third kappa shape index (κ3) is 4.47. The van der Waals surface area contributed by atoms with Crippen LogP contribution in [0.5, 0.6) is 0 Å². The van der Waals surface area contributed by atoms with E-state index in [4.69, 9.17) is 26.0 Å². The lowest BCUT2D eigenvalue weighted by atomic mass is 10.3. The van der Waals surface area contributed by atoms with E-state index in [-0.39, 0.29) is 25.6 Å². The minimum absolute atomic E-state index is 0.00162. The van der Waals surface area contributed by atoms with Gasteiger partial charge in [0.05, 0.1) is 25.2 Å². The highest BCUT2D eigenvalue weighted by Crippen LogP contribution is 2.35. The van der Waals surface area contributed by atoms with E-state index >= 15 is 0 Å². The smallest absolute Gasteiger partial charge is 0.397 e. The van der Waals surface area contributed by atoms with E-state index in [2.05, 4.69) is 16.1 Å². The Balaban J connectivity index is 2.36. The van der Waals surface area contributed by atoms with Crippen LogP contribution < -0.4 is 11.5 Å². The fourth-order valence-corrected chi connectivity index (χ4v) is 1.43. The lowest BCUT2D eigenvalue weighted by molar-refractivity contribution is 0.0467. The maximum atomic E-state index is 10.4. The van der Waals surface area contributed by atoms with Crippen molar-refractivity contribution in [2.24, 2.45) is 5.73 Å². The van der Waals surface area contributed by atoms with Crippen molar-refractivity contribution in [2.45, 2.75) is 6.73 Å². The molecule has 0 spiro atoms. The van der Waals surface area contributed by atoms with E-state index in [1.807, 2.05) is 0 Å². The van der Waals surface area contributed by atoms with E-state index in [1.54, 1.807) is 0 Å². The van der Waals surface area contributed by atoms with Crippen molar-refractivity contribution >= 4 is 19.3 Å². The van der Waals surface area contributed by atoms with Crippen LogP contribution in [0.2, 0.25) is 0 Å². The predicted octanol–water partition coefficient (Wildman–Crippen LogP) is -0.522. The van der Waals surface area contributed by atoms with Crippen LogP contribution in [0.1, 0.15) is 5.69 Å². The van der Waals surface area contributed by atoms with Crippen LogP contribution in [0.25, 0.3) is 5.70 Å². The maximum absolute atomic E-state index is 10.4. The molecule has 0 fully saturated rings. The van der Waals surface area contributed by atoms with Gasteiger partial charge in [0, 0.05) is 0 Å². The second-order valence-electron chi connectivity index (χ2n) is 3.33. The van der Waals surface area contributed by atoms with Gasteiger partial charge in [0.15, 0.2) is 0 Å². The zero-order valence-electron chi connectivity index (χ0n) is 9.52. The molecule has 0 aliphatic carbocycles. The van der Waals surface area contributed by atoms with E-state index in [1.165, 1.54) is 10.9 Å². The molecular formula is C8H15N4O5P. The van der Waals surface area contributed by atoms with Crippen molar-refractivity contribution in [2.75, 3.05) is 18.9 Å². The number of ether oxygens (including phenoxy) is 1. The highest BCUT2D eigenvalue weighted by atomic mass is 31.2. The molecule has 0 saturated carbocycles. The molecule has 0 saturated heterocycles. The first kappa shape index (κ1) is 14.7. The van der Waals surface area contributed by atoms with Crippen LogP contribution in [-0.4, -0.2) is 32.6 Å². The Kier molecular flexibility index (Phi) is 4.88. The van der Waals surface area contributed by atoms with Crippen LogP contribution in [0, 0.1) is 0 Å². The molecule has 0 bridgehead atoms. The molecule has 10 heteroatoms. The monoisotopic (exact) mass is 278 g/mol. The van der Waals surface area contributed by atoms with Crippen molar-refractivity contribution in [3.8, 4) is 0 Å². The van der Waals surface area contributed by atoms with Crippen molar-refractivity contribution in [3.63, 3.8) is 0 Å². The zero-order valence-corrected chi connectivity index (χ0v) is 10.4. The molecule has 1 aromatic heterocycles. The topological polar surface area (TPSA) is 146 Å². The van der Waals surface area contributed by atoms with Crippen molar-refractivity contribution in [1.82, 2.24) is 9.55 Å². The van der Waals surface area contributed by atoms with E-state index in [0.29, 0.717) is 11.5 Å². The highest BCUT2D eigenvalue weighted by Gasteiger charge is 2.13. The summed E-state index contributed by atoms with van der Waals surface area (Å²) in [5, 5.41) is 0. The van der Waals surface area contributed by atoms with Crippen molar-refractivity contribution < 1.29 is 23.6 Å². The third-order valence-electron chi connectivity index (χ3n) is 1.90. The molecule has 102 valence electrons. The van der Waals surface area contributed by atoms with Gasteiger partial charge in [-0.2, -0.15) is 0 Å². The van der Waals surface area contributed by atoms with Gasteiger partial charge in [0.25, 0.3) is 0 Å². The molecule has 1 heterocycles. The number of phosphoric acid groups is 1. The van der Waals surface area contributed by atoms with E-state index in [0.717, 1.165) is 0 Å². The fourth-order valence-electron chi connectivity index (χ4n) is 1.12. The normalized spacial score (nSPS) is 11.7. The van der Waals surface area contributed by atoms with Gasteiger partial charge in [-0.05, 0) is 0 Å². The number of rotatable bonds is 7. The van der Waals surface area contributed by atoms with Crippen LogP contribution >= 0.6 is 7.82 Å². The summed E-state index contributed by atoms with van der Waals surface area (Å²) in [4.78, 5) is 20.8. The Bertz CT molecular complexity index is 468. The molecule has 0 unspecified atom stereocenters. The average molecular weight is 278 g/mol. The third-order valence-corrected chi connectivity index (χ3v) is 2.42. The number of nitrogen functional groups attached to an aromatic ring is 1. The van der Waals surface area contributed by atoms with Crippen molar-refractivity contribution in [1.29, 1.82) is 0 Å². The summed E-state index contributed by atoms with van der Waals surface area (Å²) in [6, 6.07) is 0. The van der Waals surface area contributed by atoms with Crippen LogP contribution in [-0.2, 0) is 20.6 Å². The molecule has 1 rings (SSSR count). The molecule has 18 heavy (non-hydrogen) atoms. The number of imidazole rings is 1. The SMILES string of the molecule is C=C(N)c1ncn(COCCOP(=O)(O)O)c1N. The lowest BCUT2D eigenvalue weighted by Gasteiger charge is -2.08. The van der Waals surface area contributed by atoms with Gasteiger partial charge in [-0.1, -0.05) is 6.58 Å². The number of nitrogens with zero attached hydrogens (tertiary/aromatic N) is 2. The number of hydrogen-bond donors (Lipinski definition) is 4. The molecule has 0 atom stereocenters. The zero-order chi connectivity index (χ0) is 13.8. The minimum atomic E-state index is -4.45. The van der Waals surface area contributed by atoms with Crippen LogP contribution in [0.4, 0.5) is 5.82 Å². The number of anilines is 1. The molecular weight excluding hydrogens is 263 g/mol. The molecule has 0 aromatic carbocycles. The Hall–Kier alpha value is -1.38. The first-order valence-corrected chi connectivity index (χ1v) is 6.37. The molecule has 1 aromatic rings. The number of nitrogens with two attached hydrogens (primary N) is 2. The predicted molar refractivity (Wildman–Crippen MR) is 63.8 cm³/mol. The van der Waals surface area contributed by atoms with E-state index < -0.39 is 7.82 Å². The highest BCUT2D eigenvalue weighted by molar-refractivity contribution is 7.46. The van der Waals surface area contributed by atoms with Gasteiger partial charge in [0.1, 0.15) is 18.2 Å². The fraction of sp³-hybridized carbons (Fsp3) is 0.375. The van der Waals surface area contributed by atoms with Gasteiger partial charge in [0.2, 0.25) is 0 Å². The van der Waals surface area contributed by atoms with Gasteiger partial charge in [-0.25, -0.2) is 9.55 Å². The summed E-state index contributed by atoms with van der Waals surface area (Å²) < 4.78 is 21.1.